The predicted molar refractivity (Wildman–Crippen MR) is 111 cm³/mol. The number of carbonyl (C=O) groups is 1. The minimum atomic E-state index is -0.218. The molecule has 2 heterocycles. The lowest BCUT2D eigenvalue weighted by molar-refractivity contribution is -0.118. The molecule has 30 heavy (non-hydrogen) atoms. The van der Waals surface area contributed by atoms with Gasteiger partial charge in [-0.25, -0.2) is 4.98 Å². The molecule has 0 unspecified atom stereocenters. The van der Waals surface area contributed by atoms with E-state index in [4.69, 9.17) is 14.2 Å². The SMILES string of the molecule is CCOc1cccc2c1OCC(C(=O)NCc1nc(-c3ccc(OC)cc3)n[nH]1)=C2. The van der Waals surface area contributed by atoms with Crippen molar-refractivity contribution in [2.75, 3.05) is 20.3 Å². The number of benzene rings is 2. The summed E-state index contributed by atoms with van der Waals surface area (Å²) >= 11 is 0. The second-order valence-corrected chi connectivity index (χ2v) is 6.58. The van der Waals surface area contributed by atoms with E-state index in [2.05, 4.69) is 20.5 Å². The van der Waals surface area contributed by atoms with Crippen molar-refractivity contribution < 1.29 is 19.0 Å². The number of para-hydroxylation sites is 1. The van der Waals surface area contributed by atoms with Crippen molar-refractivity contribution in [1.29, 1.82) is 0 Å². The summed E-state index contributed by atoms with van der Waals surface area (Å²) < 4.78 is 16.5. The third-order valence-corrected chi connectivity index (χ3v) is 4.60. The van der Waals surface area contributed by atoms with E-state index >= 15 is 0 Å². The number of fused-ring (bicyclic) bond motifs is 1. The summed E-state index contributed by atoms with van der Waals surface area (Å²) in [6, 6.07) is 13.1. The summed E-state index contributed by atoms with van der Waals surface area (Å²) in [5.74, 6) is 3.00. The minimum absolute atomic E-state index is 0.177. The average molecular weight is 406 g/mol. The molecule has 1 aliphatic rings. The van der Waals surface area contributed by atoms with Crippen LogP contribution in [0.15, 0.2) is 48.0 Å². The molecule has 1 aromatic heterocycles. The predicted octanol–water partition coefficient (Wildman–Crippen LogP) is 2.97. The highest BCUT2D eigenvalue weighted by Gasteiger charge is 2.20. The topological polar surface area (TPSA) is 98.4 Å². The van der Waals surface area contributed by atoms with Crippen molar-refractivity contribution in [2.45, 2.75) is 13.5 Å². The smallest absolute Gasteiger partial charge is 0.251 e. The Bertz CT molecular complexity index is 1070. The van der Waals surface area contributed by atoms with Crippen LogP contribution in [0.3, 0.4) is 0 Å². The molecule has 0 atom stereocenters. The first kappa shape index (κ1) is 19.5. The minimum Gasteiger partial charge on any atom is -0.497 e. The molecule has 1 amide bonds. The highest BCUT2D eigenvalue weighted by Crippen LogP contribution is 2.35. The summed E-state index contributed by atoms with van der Waals surface area (Å²) in [7, 11) is 1.62. The van der Waals surface area contributed by atoms with Crippen LogP contribution >= 0.6 is 0 Å². The van der Waals surface area contributed by atoms with E-state index in [1.54, 1.807) is 7.11 Å². The van der Waals surface area contributed by atoms with E-state index in [1.165, 1.54) is 0 Å². The van der Waals surface area contributed by atoms with Crippen LogP contribution in [0.2, 0.25) is 0 Å². The molecular formula is C22H22N4O4. The Kier molecular flexibility index (Phi) is 5.65. The van der Waals surface area contributed by atoms with Crippen LogP contribution in [0.25, 0.3) is 17.5 Å². The standard InChI is InChI=1S/C22H22N4O4/c1-3-29-18-6-4-5-15-11-16(13-30-20(15)18)22(27)23-12-19-24-21(26-25-19)14-7-9-17(28-2)10-8-14/h4-11H,3,12-13H2,1-2H3,(H,23,27)(H,24,25,26). The lowest BCUT2D eigenvalue weighted by Crippen LogP contribution is -2.28. The van der Waals surface area contributed by atoms with Gasteiger partial charge in [-0.1, -0.05) is 12.1 Å². The lowest BCUT2D eigenvalue weighted by Gasteiger charge is -2.20. The number of hydrogen-bond acceptors (Lipinski definition) is 6. The Morgan fingerprint density at radius 2 is 2.07 bits per heavy atom. The van der Waals surface area contributed by atoms with Gasteiger partial charge < -0.3 is 19.5 Å². The van der Waals surface area contributed by atoms with E-state index < -0.39 is 0 Å². The van der Waals surface area contributed by atoms with E-state index in [0.29, 0.717) is 35.3 Å². The van der Waals surface area contributed by atoms with Crippen molar-refractivity contribution >= 4 is 12.0 Å². The molecule has 0 saturated carbocycles. The number of methoxy groups -OCH3 is 1. The van der Waals surface area contributed by atoms with Gasteiger partial charge in [0.1, 0.15) is 18.2 Å². The Balaban J connectivity index is 1.40. The van der Waals surface area contributed by atoms with Crippen LogP contribution in [-0.4, -0.2) is 41.4 Å². The van der Waals surface area contributed by atoms with Crippen molar-refractivity contribution in [3.05, 3.63) is 59.4 Å². The molecule has 2 aromatic carbocycles. The molecular weight excluding hydrogens is 384 g/mol. The molecule has 2 N–H and O–H groups in total. The Labute approximate surface area is 173 Å². The number of H-pyrrole nitrogens is 1. The molecule has 3 aromatic rings. The van der Waals surface area contributed by atoms with Gasteiger partial charge in [-0.2, -0.15) is 5.10 Å². The number of hydrogen-bond donors (Lipinski definition) is 2. The maximum absolute atomic E-state index is 12.6. The maximum atomic E-state index is 12.6. The zero-order valence-corrected chi connectivity index (χ0v) is 16.8. The molecule has 154 valence electrons. The quantitative estimate of drug-likeness (QED) is 0.626. The second kappa shape index (κ2) is 8.69. The monoisotopic (exact) mass is 406 g/mol. The van der Waals surface area contributed by atoms with Crippen LogP contribution in [0.1, 0.15) is 18.3 Å². The number of aromatic nitrogens is 3. The number of amides is 1. The van der Waals surface area contributed by atoms with Gasteiger partial charge >= 0.3 is 0 Å². The summed E-state index contributed by atoms with van der Waals surface area (Å²) in [6.45, 7) is 2.87. The summed E-state index contributed by atoms with van der Waals surface area (Å²) in [5, 5.41) is 9.91. The average Bonchev–Trinajstić information content (AvgIpc) is 3.26. The molecule has 0 bridgehead atoms. The third-order valence-electron chi connectivity index (χ3n) is 4.60. The number of nitrogens with zero attached hydrogens (tertiary/aromatic N) is 2. The van der Waals surface area contributed by atoms with E-state index in [0.717, 1.165) is 16.9 Å². The van der Waals surface area contributed by atoms with Gasteiger partial charge in [0.05, 0.1) is 25.8 Å². The number of carbonyl (C=O) groups excluding carboxylic acids is 1. The van der Waals surface area contributed by atoms with Gasteiger partial charge in [-0.15, -0.1) is 0 Å². The molecule has 1 aliphatic heterocycles. The first-order valence-electron chi connectivity index (χ1n) is 9.61. The molecule has 0 spiro atoms. The molecule has 4 rings (SSSR count). The Hall–Kier alpha value is -3.81. The lowest BCUT2D eigenvalue weighted by atomic mass is 10.1. The second-order valence-electron chi connectivity index (χ2n) is 6.58. The number of aromatic amines is 1. The number of ether oxygens (including phenoxy) is 3. The van der Waals surface area contributed by atoms with Crippen molar-refractivity contribution in [2.24, 2.45) is 0 Å². The molecule has 0 fully saturated rings. The summed E-state index contributed by atoms with van der Waals surface area (Å²) in [5.41, 5.74) is 2.21. The van der Waals surface area contributed by atoms with Crippen LogP contribution < -0.4 is 19.5 Å². The Morgan fingerprint density at radius 3 is 2.83 bits per heavy atom. The van der Waals surface area contributed by atoms with Gasteiger partial charge in [0.15, 0.2) is 17.3 Å². The highest BCUT2D eigenvalue weighted by molar-refractivity contribution is 5.99. The zero-order valence-electron chi connectivity index (χ0n) is 16.8. The fourth-order valence-corrected chi connectivity index (χ4v) is 3.10. The fraction of sp³-hybridized carbons (Fsp3) is 0.227. The fourth-order valence-electron chi connectivity index (χ4n) is 3.10. The largest absolute Gasteiger partial charge is 0.497 e. The van der Waals surface area contributed by atoms with Crippen molar-refractivity contribution in [1.82, 2.24) is 20.5 Å². The highest BCUT2D eigenvalue weighted by atomic mass is 16.5. The van der Waals surface area contributed by atoms with Gasteiger partial charge in [0, 0.05) is 11.1 Å². The first-order valence-corrected chi connectivity index (χ1v) is 9.61. The zero-order chi connectivity index (χ0) is 20.9. The maximum Gasteiger partial charge on any atom is 0.251 e. The molecule has 0 aliphatic carbocycles. The van der Waals surface area contributed by atoms with E-state index in [-0.39, 0.29) is 19.1 Å². The number of rotatable bonds is 7. The van der Waals surface area contributed by atoms with Crippen LogP contribution in [0, 0.1) is 0 Å². The van der Waals surface area contributed by atoms with Crippen molar-refractivity contribution in [3.8, 4) is 28.6 Å². The van der Waals surface area contributed by atoms with E-state index in [9.17, 15) is 4.79 Å². The van der Waals surface area contributed by atoms with Crippen LogP contribution in [0.5, 0.6) is 17.2 Å². The summed E-state index contributed by atoms with van der Waals surface area (Å²) in [6.07, 6.45) is 1.82. The molecule has 0 saturated heterocycles. The Morgan fingerprint density at radius 1 is 1.23 bits per heavy atom. The number of nitrogens with one attached hydrogen (secondary N) is 2. The van der Waals surface area contributed by atoms with Gasteiger partial charge in [-0.3, -0.25) is 9.89 Å². The van der Waals surface area contributed by atoms with E-state index in [1.807, 2.05) is 55.5 Å². The molecule has 8 nitrogen and oxygen atoms in total. The first-order chi connectivity index (χ1) is 14.7. The van der Waals surface area contributed by atoms with Crippen molar-refractivity contribution in [3.63, 3.8) is 0 Å². The van der Waals surface area contributed by atoms with Gasteiger partial charge in [0.2, 0.25) is 0 Å². The van der Waals surface area contributed by atoms with Gasteiger partial charge in [-0.05, 0) is 43.3 Å². The third kappa shape index (κ3) is 4.12. The summed E-state index contributed by atoms with van der Waals surface area (Å²) in [4.78, 5) is 17.0. The van der Waals surface area contributed by atoms with Crippen LogP contribution in [-0.2, 0) is 11.3 Å². The molecule has 8 heteroatoms. The molecule has 0 radical (unpaired) electrons. The van der Waals surface area contributed by atoms with Crippen LogP contribution in [0.4, 0.5) is 0 Å². The van der Waals surface area contributed by atoms with Gasteiger partial charge in [0.25, 0.3) is 5.91 Å². The normalized spacial score (nSPS) is 12.4.